The smallest absolute Gasteiger partial charge is 0.416 e. The van der Waals surface area contributed by atoms with Crippen LogP contribution in [0.5, 0.6) is 5.75 Å². The highest BCUT2D eigenvalue weighted by Gasteiger charge is 2.34. The Hall–Kier alpha value is -1.23. The number of rotatable bonds is 3. The van der Waals surface area contributed by atoms with Crippen LogP contribution in [0.15, 0.2) is 18.2 Å². The largest absolute Gasteiger partial charge is 0.496 e. The molecule has 0 N–H and O–H groups in total. The Kier molecular flexibility index (Phi) is 4.28. The van der Waals surface area contributed by atoms with E-state index in [1.807, 2.05) is 0 Å². The average molecular weight is 288 g/mol. The van der Waals surface area contributed by atoms with E-state index in [2.05, 4.69) is 13.8 Å². The molecule has 2 nitrogen and oxygen atoms in total. The molecule has 1 aromatic rings. The Bertz CT molecular complexity index is 469. The van der Waals surface area contributed by atoms with Gasteiger partial charge in [0, 0.05) is 5.56 Å². The van der Waals surface area contributed by atoms with Crippen LogP contribution in [0.1, 0.15) is 43.9 Å². The van der Waals surface area contributed by atoms with E-state index in [1.165, 1.54) is 13.2 Å². The van der Waals surface area contributed by atoms with Crippen LogP contribution in [0.4, 0.5) is 13.2 Å². The summed E-state index contributed by atoms with van der Waals surface area (Å²) in [5.41, 5.74) is 0.000145. The summed E-state index contributed by atoms with van der Waals surface area (Å²) in [7, 11) is 1.38. The molecule has 2 atom stereocenters. The first-order chi connectivity index (χ1) is 9.32. The third-order valence-corrected chi connectivity index (χ3v) is 3.70. The lowest BCUT2D eigenvalue weighted by Crippen LogP contribution is -2.14. The second-order valence-corrected chi connectivity index (χ2v) is 5.44. The Morgan fingerprint density at radius 1 is 1.25 bits per heavy atom. The maximum atomic E-state index is 12.7. The van der Waals surface area contributed by atoms with Crippen molar-refractivity contribution in [2.24, 2.45) is 5.92 Å². The number of hydrogen-bond donors (Lipinski definition) is 0. The van der Waals surface area contributed by atoms with Gasteiger partial charge in [0.05, 0.1) is 24.9 Å². The van der Waals surface area contributed by atoms with Gasteiger partial charge < -0.3 is 9.47 Å². The second-order valence-electron chi connectivity index (χ2n) is 5.44. The van der Waals surface area contributed by atoms with Crippen LogP contribution in [0.25, 0.3) is 0 Å². The summed E-state index contributed by atoms with van der Waals surface area (Å²) in [5.74, 6) is 0.648. The summed E-state index contributed by atoms with van der Waals surface area (Å²) in [6.07, 6.45) is -2.65. The topological polar surface area (TPSA) is 18.5 Å². The maximum absolute atomic E-state index is 12.7. The predicted octanol–water partition coefficient (Wildman–Crippen LogP) is 4.59. The summed E-state index contributed by atoms with van der Waals surface area (Å²) >= 11 is 0. The lowest BCUT2D eigenvalue weighted by Gasteiger charge is -2.19. The van der Waals surface area contributed by atoms with Gasteiger partial charge >= 0.3 is 6.18 Å². The first-order valence-electron chi connectivity index (χ1n) is 6.73. The van der Waals surface area contributed by atoms with E-state index >= 15 is 0 Å². The fourth-order valence-corrected chi connectivity index (χ4v) is 2.54. The monoisotopic (exact) mass is 288 g/mol. The number of benzene rings is 1. The normalized spacial score (nSPS) is 23.4. The van der Waals surface area contributed by atoms with E-state index in [1.54, 1.807) is 0 Å². The van der Waals surface area contributed by atoms with Gasteiger partial charge in [0.25, 0.3) is 0 Å². The van der Waals surface area contributed by atoms with Crippen molar-refractivity contribution in [2.75, 3.05) is 7.11 Å². The van der Waals surface area contributed by atoms with E-state index < -0.39 is 11.7 Å². The zero-order valence-corrected chi connectivity index (χ0v) is 11.8. The fourth-order valence-electron chi connectivity index (χ4n) is 2.54. The van der Waals surface area contributed by atoms with Crippen molar-refractivity contribution in [1.29, 1.82) is 0 Å². The van der Waals surface area contributed by atoms with Crippen molar-refractivity contribution in [2.45, 2.75) is 45.1 Å². The van der Waals surface area contributed by atoms with Crippen molar-refractivity contribution in [3.8, 4) is 5.75 Å². The zero-order valence-electron chi connectivity index (χ0n) is 11.8. The molecule has 0 amide bonds. The first-order valence-corrected chi connectivity index (χ1v) is 6.73. The van der Waals surface area contributed by atoms with Crippen molar-refractivity contribution in [1.82, 2.24) is 0 Å². The van der Waals surface area contributed by atoms with Gasteiger partial charge in [-0.3, -0.25) is 0 Å². The standard InChI is InChI=1S/C15H19F3O2/c1-9(2)12-6-7-13(20-12)11-5-4-10(15(16,17)18)8-14(11)19-3/h4-5,8-9,12-13H,6-7H2,1-3H3/t12-,13+/m0/s1. The van der Waals surface area contributed by atoms with Gasteiger partial charge in [-0.25, -0.2) is 0 Å². The van der Waals surface area contributed by atoms with Crippen LogP contribution in [0, 0.1) is 5.92 Å². The van der Waals surface area contributed by atoms with Gasteiger partial charge in [-0.1, -0.05) is 19.9 Å². The van der Waals surface area contributed by atoms with Crippen molar-refractivity contribution < 1.29 is 22.6 Å². The Morgan fingerprint density at radius 3 is 2.45 bits per heavy atom. The second kappa shape index (κ2) is 5.64. The van der Waals surface area contributed by atoms with E-state index in [0.29, 0.717) is 11.5 Å². The molecule has 112 valence electrons. The Labute approximate surface area is 116 Å². The summed E-state index contributed by atoms with van der Waals surface area (Å²) in [6.45, 7) is 4.16. The number of alkyl halides is 3. The molecular weight excluding hydrogens is 269 g/mol. The van der Waals surface area contributed by atoms with Crippen molar-refractivity contribution in [3.63, 3.8) is 0 Å². The van der Waals surface area contributed by atoms with Crippen LogP contribution in [-0.2, 0) is 10.9 Å². The van der Waals surface area contributed by atoms with Crippen molar-refractivity contribution >= 4 is 0 Å². The predicted molar refractivity (Wildman–Crippen MR) is 69.7 cm³/mol. The highest BCUT2D eigenvalue weighted by atomic mass is 19.4. The Balaban J connectivity index is 2.25. The van der Waals surface area contributed by atoms with Gasteiger partial charge in [-0.15, -0.1) is 0 Å². The molecule has 0 radical (unpaired) electrons. The number of methoxy groups -OCH3 is 1. The summed E-state index contributed by atoms with van der Waals surface area (Å²) < 4.78 is 49.1. The molecule has 0 saturated carbocycles. The minimum Gasteiger partial charge on any atom is -0.496 e. The number of ether oxygens (including phenoxy) is 2. The molecule has 20 heavy (non-hydrogen) atoms. The molecule has 1 aliphatic heterocycles. The minimum absolute atomic E-state index is 0.159. The highest BCUT2D eigenvalue weighted by molar-refractivity contribution is 5.40. The van der Waals surface area contributed by atoms with Crippen LogP contribution < -0.4 is 4.74 Å². The molecule has 1 heterocycles. The molecule has 2 rings (SSSR count). The molecule has 1 aromatic carbocycles. The lowest BCUT2D eigenvalue weighted by molar-refractivity contribution is -0.137. The third-order valence-electron chi connectivity index (χ3n) is 3.70. The van der Waals surface area contributed by atoms with Gasteiger partial charge in [0.15, 0.2) is 0 Å². The van der Waals surface area contributed by atoms with Crippen LogP contribution in [0.3, 0.4) is 0 Å². The molecule has 0 unspecified atom stereocenters. The van der Waals surface area contributed by atoms with Crippen molar-refractivity contribution in [3.05, 3.63) is 29.3 Å². The molecule has 0 bridgehead atoms. The number of hydrogen-bond acceptors (Lipinski definition) is 2. The highest BCUT2D eigenvalue weighted by Crippen LogP contribution is 2.41. The van der Waals surface area contributed by atoms with E-state index in [4.69, 9.17) is 9.47 Å². The first kappa shape index (κ1) is 15.2. The van der Waals surface area contributed by atoms with Crippen LogP contribution in [0.2, 0.25) is 0 Å². The number of halogens is 3. The fraction of sp³-hybridized carbons (Fsp3) is 0.600. The van der Waals surface area contributed by atoms with E-state index in [9.17, 15) is 13.2 Å². The molecule has 1 fully saturated rings. The maximum Gasteiger partial charge on any atom is 0.416 e. The summed E-state index contributed by atoms with van der Waals surface area (Å²) in [5, 5.41) is 0. The summed E-state index contributed by atoms with van der Waals surface area (Å²) in [6, 6.07) is 3.60. The molecular formula is C15H19F3O2. The van der Waals surface area contributed by atoms with E-state index in [-0.39, 0.29) is 18.0 Å². The zero-order chi connectivity index (χ0) is 14.9. The molecule has 0 spiro atoms. The van der Waals surface area contributed by atoms with Crippen LogP contribution in [-0.4, -0.2) is 13.2 Å². The molecule has 0 aromatic heterocycles. The third kappa shape index (κ3) is 3.08. The average Bonchev–Trinajstić information content (AvgIpc) is 2.86. The minimum atomic E-state index is -4.36. The van der Waals surface area contributed by atoms with E-state index in [0.717, 1.165) is 25.0 Å². The van der Waals surface area contributed by atoms with Gasteiger partial charge in [-0.05, 0) is 30.9 Å². The molecule has 5 heteroatoms. The summed E-state index contributed by atoms with van der Waals surface area (Å²) in [4.78, 5) is 0. The SMILES string of the molecule is COc1cc(C(F)(F)F)ccc1[C@H]1CC[C@@H](C(C)C)O1. The van der Waals surface area contributed by atoms with Gasteiger partial charge in [0.1, 0.15) is 5.75 Å². The molecule has 1 saturated heterocycles. The van der Waals surface area contributed by atoms with Crippen LogP contribution >= 0.6 is 0 Å². The molecule has 1 aliphatic rings. The lowest BCUT2D eigenvalue weighted by atomic mass is 10.0. The molecule has 0 aliphatic carbocycles. The quantitative estimate of drug-likeness (QED) is 0.810. The van der Waals surface area contributed by atoms with Gasteiger partial charge in [-0.2, -0.15) is 13.2 Å². The Morgan fingerprint density at radius 2 is 1.95 bits per heavy atom. The van der Waals surface area contributed by atoms with Gasteiger partial charge in [0.2, 0.25) is 0 Å².